The summed E-state index contributed by atoms with van der Waals surface area (Å²) in [6.45, 7) is 8.88. The number of hydrogen-bond acceptors (Lipinski definition) is 4. The minimum absolute atomic E-state index is 0.229. The summed E-state index contributed by atoms with van der Waals surface area (Å²) in [5, 5.41) is 5.22. The third kappa shape index (κ3) is 4.77. The van der Waals surface area contributed by atoms with Gasteiger partial charge in [0.05, 0.1) is 0 Å². The van der Waals surface area contributed by atoms with E-state index in [1.165, 1.54) is 11.9 Å². The number of hydrogen-bond donors (Lipinski definition) is 2. The number of likely N-dealkylation sites (N-methyl/N-ethyl adjacent to an activating group) is 1. The molecule has 0 radical (unpaired) electrons. The van der Waals surface area contributed by atoms with Crippen molar-refractivity contribution in [2.24, 2.45) is 0 Å². The highest BCUT2D eigenvalue weighted by atomic mass is 16.6. The van der Waals surface area contributed by atoms with Gasteiger partial charge in [-0.25, -0.2) is 4.79 Å². The van der Waals surface area contributed by atoms with Crippen LogP contribution in [0.1, 0.15) is 27.2 Å². The standard InChI is InChI=1S/C14H23N3O4/c1-6-11(18)16-9-7-10(12(19)15-5)17(8-9)13(20)21-14(2,3)4/h6,9-10H,1,7-8H2,2-5H3,(H,15,19)(H,16,18)/t9-,10-/m0/s1. The van der Waals surface area contributed by atoms with Gasteiger partial charge in [0, 0.05) is 19.6 Å². The van der Waals surface area contributed by atoms with Crippen LogP contribution < -0.4 is 10.6 Å². The third-order valence-corrected chi connectivity index (χ3v) is 3.01. The fourth-order valence-corrected chi connectivity index (χ4v) is 2.14. The first-order valence-electron chi connectivity index (χ1n) is 6.82. The second-order valence-corrected chi connectivity index (χ2v) is 5.91. The Balaban J connectivity index is 2.82. The number of nitrogens with zero attached hydrogens (tertiary/aromatic N) is 1. The molecule has 0 aromatic carbocycles. The zero-order chi connectivity index (χ0) is 16.2. The van der Waals surface area contributed by atoms with Crippen LogP contribution in [-0.2, 0) is 14.3 Å². The topological polar surface area (TPSA) is 87.7 Å². The Labute approximate surface area is 124 Å². The molecular formula is C14H23N3O4. The Hall–Kier alpha value is -2.05. The van der Waals surface area contributed by atoms with Gasteiger partial charge in [-0.1, -0.05) is 6.58 Å². The molecule has 0 aromatic rings. The van der Waals surface area contributed by atoms with Crippen LogP contribution in [-0.4, -0.2) is 54.1 Å². The molecular weight excluding hydrogens is 274 g/mol. The van der Waals surface area contributed by atoms with Gasteiger partial charge in [0.25, 0.3) is 0 Å². The zero-order valence-electron chi connectivity index (χ0n) is 12.9. The lowest BCUT2D eigenvalue weighted by Gasteiger charge is -2.27. The number of rotatable bonds is 3. The molecule has 1 aliphatic heterocycles. The molecule has 1 rings (SSSR count). The lowest BCUT2D eigenvalue weighted by Crippen LogP contribution is -2.46. The number of ether oxygens (including phenoxy) is 1. The molecule has 2 atom stereocenters. The maximum atomic E-state index is 12.2. The van der Waals surface area contributed by atoms with Crippen molar-refractivity contribution >= 4 is 17.9 Å². The van der Waals surface area contributed by atoms with Gasteiger partial charge in [-0.3, -0.25) is 14.5 Å². The van der Waals surface area contributed by atoms with Crippen molar-refractivity contribution in [3.05, 3.63) is 12.7 Å². The first kappa shape index (κ1) is 17.0. The summed E-state index contributed by atoms with van der Waals surface area (Å²) in [7, 11) is 1.51. The van der Waals surface area contributed by atoms with Crippen molar-refractivity contribution in [3.63, 3.8) is 0 Å². The van der Waals surface area contributed by atoms with Gasteiger partial charge in [0.1, 0.15) is 11.6 Å². The van der Waals surface area contributed by atoms with Crippen molar-refractivity contribution in [1.82, 2.24) is 15.5 Å². The summed E-state index contributed by atoms with van der Waals surface area (Å²) in [6, 6.07) is -0.953. The van der Waals surface area contributed by atoms with E-state index in [0.29, 0.717) is 6.42 Å². The first-order valence-corrected chi connectivity index (χ1v) is 6.82. The predicted molar refractivity (Wildman–Crippen MR) is 77.5 cm³/mol. The van der Waals surface area contributed by atoms with E-state index in [1.807, 2.05) is 0 Å². The van der Waals surface area contributed by atoms with Crippen LogP contribution in [0, 0.1) is 0 Å². The zero-order valence-corrected chi connectivity index (χ0v) is 12.9. The average molecular weight is 297 g/mol. The van der Waals surface area contributed by atoms with Crippen LogP contribution in [0.3, 0.4) is 0 Å². The Morgan fingerprint density at radius 2 is 1.95 bits per heavy atom. The van der Waals surface area contributed by atoms with Crippen LogP contribution >= 0.6 is 0 Å². The molecule has 21 heavy (non-hydrogen) atoms. The largest absolute Gasteiger partial charge is 0.444 e. The molecule has 3 amide bonds. The van der Waals surface area contributed by atoms with Crippen LogP contribution in [0.25, 0.3) is 0 Å². The van der Waals surface area contributed by atoms with Gasteiger partial charge < -0.3 is 15.4 Å². The van der Waals surface area contributed by atoms with E-state index in [9.17, 15) is 14.4 Å². The highest BCUT2D eigenvalue weighted by Crippen LogP contribution is 2.21. The number of carbonyl (C=O) groups is 3. The van der Waals surface area contributed by atoms with Gasteiger partial charge >= 0.3 is 6.09 Å². The van der Waals surface area contributed by atoms with Gasteiger partial charge in [-0.2, -0.15) is 0 Å². The summed E-state index contributed by atoms with van der Waals surface area (Å²) >= 11 is 0. The van der Waals surface area contributed by atoms with E-state index in [4.69, 9.17) is 4.74 Å². The van der Waals surface area contributed by atoms with Gasteiger partial charge in [-0.15, -0.1) is 0 Å². The lowest BCUT2D eigenvalue weighted by molar-refractivity contribution is -0.125. The fraction of sp³-hybridized carbons (Fsp3) is 0.643. The minimum Gasteiger partial charge on any atom is -0.444 e. The molecule has 1 aliphatic rings. The molecule has 0 aliphatic carbocycles. The second kappa shape index (κ2) is 6.60. The average Bonchev–Trinajstić information content (AvgIpc) is 2.79. The molecule has 0 aromatic heterocycles. The Morgan fingerprint density at radius 3 is 2.43 bits per heavy atom. The quantitative estimate of drug-likeness (QED) is 0.739. The molecule has 118 valence electrons. The minimum atomic E-state index is -0.653. The molecule has 1 saturated heterocycles. The maximum Gasteiger partial charge on any atom is 0.411 e. The first-order chi connectivity index (χ1) is 9.67. The van der Waals surface area contributed by atoms with Crippen molar-refractivity contribution < 1.29 is 19.1 Å². The van der Waals surface area contributed by atoms with E-state index in [2.05, 4.69) is 17.2 Å². The summed E-state index contributed by atoms with van der Waals surface area (Å²) in [5.74, 6) is -0.613. The summed E-state index contributed by atoms with van der Waals surface area (Å²) in [5.41, 5.74) is -0.646. The van der Waals surface area contributed by atoms with E-state index >= 15 is 0 Å². The lowest BCUT2D eigenvalue weighted by atomic mass is 10.1. The molecule has 2 N–H and O–H groups in total. The summed E-state index contributed by atoms with van der Waals surface area (Å²) in [4.78, 5) is 36.8. The number of amides is 3. The monoisotopic (exact) mass is 297 g/mol. The molecule has 0 unspecified atom stereocenters. The van der Waals surface area contributed by atoms with Gasteiger partial charge in [-0.05, 0) is 33.3 Å². The summed E-state index contributed by atoms with van der Waals surface area (Å²) in [6.07, 6.45) is 0.940. The SMILES string of the molecule is C=CC(=O)N[C@H]1C[C@@H](C(=O)NC)N(C(=O)OC(C)(C)C)C1. The van der Waals surface area contributed by atoms with Crippen molar-refractivity contribution in [2.45, 2.75) is 44.9 Å². The third-order valence-electron chi connectivity index (χ3n) is 3.01. The van der Waals surface area contributed by atoms with E-state index in [-0.39, 0.29) is 24.4 Å². The molecule has 1 fully saturated rings. The highest BCUT2D eigenvalue weighted by molar-refractivity contribution is 5.88. The highest BCUT2D eigenvalue weighted by Gasteiger charge is 2.41. The van der Waals surface area contributed by atoms with Crippen molar-refractivity contribution in [1.29, 1.82) is 0 Å². The Morgan fingerprint density at radius 1 is 1.33 bits per heavy atom. The van der Waals surface area contributed by atoms with E-state index < -0.39 is 17.7 Å². The number of nitrogens with one attached hydrogen (secondary N) is 2. The fourth-order valence-electron chi connectivity index (χ4n) is 2.14. The van der Waals surface area contributed by atoms with Crippen molar-refractivity contribution in [2.75, 3.05) is 13.6 Å². The predicted octanol–water partition coefficient (Wildman–Crippen LogP) is 0.413. The van der Waals surface area contributed by atoms with Crippen LogP contribution in [0.15, 0.2) is 12.7 Å². The number of carbonyl (C=O) groups excluding carboxylic acids is 3. The Kier molecular flexibility index (Phi) is 5.34. The smallest absolute Gasteiger partial charge is 0.411 e. The molecule has 1 heterocycles. The molecule has 7 heteroatoms. The molecule has 0 bridgehead atoms. The maximum absolute atomic E-state index is 12.2. The van der Waals surface area contributed by atoms with Crippen LogP contribution in [0.4, 0.5) is 4.79 Å². The normalized spacial score (nSPS) is 21.6. The van der Waals surface area contributed by atoms with E-state index in [1.54, 1.807) is 20.8 Å². The molecule has 0 spiro atoms. The Bertz CT molecular complexity index is 442. The summed E-state index contributed by atoms with van der Waals surface area (Å²) < 4.78 is 5.30. The second-order valence-electron chi connectivity index (χ2n) is 5.91. The van der Waals surface area contributed by atoms with E-state index in [0.717, 1.165) is 6.08 Å². The van der Waals surface area contributed by atoms with Crippen LogP contribution in [0.2, 0.25) is 0 Å². The van der Waals surface area contributed by atoms with Gasteiger partial charge in [0.15, 0.2) is 0 Å². The molecule has 7 nitrogen and oxygen atoms in total. The van der Waals surface area contributed by atoms with Crippen LogP contribution in [0.5, 0.6) is 0 Å². The molecule has 0 saturated carbocycles. The van der Waals surface area contributed by atoms with Crippen molar-refractivity contribution in [3.8, 4) is 0 Å². The number of likely N-dealkylation sites (tertiary alicyclic amines) is 1. The van der Waals surface area contributed by atoms with Gasteiger partial charge in [0.2, 0.25) is 11.8 Å².